The third kappa shape index (κ3) is 3.26. The highest BCUT2D eigenvalue weighted by Gasteiger charge is 1.92. The van der Waals surface area contributed by atoms with Gasteiger partial charge < -0.3 is 9.67 Å². The van der Waals surface area contributed by atoms with Gasteiger partial charge in [-0.25, -0.2) is 9.78 Å². The molecule has 1 aromatic rings. The fourth-order valence-electron chi connectivity index (χ4n) is 0.979. The van der Waals surface area contributed by atoms with Crippen LogP contribution in [0.2, 0.25) is 0 Å². The van der Waals surface area contributed by atoms with E-state index in [0.717, 1.165) is 11.8 Å². The summed E-state index contributed by atoms with van der Waals surface area (Å²) in [4.78, 5) is 14.4. The van der Waals surface area contributed by atoms with Crippen molar-refractivity contribution in [3.05, 3.63) is 35.9 Å². The Hall–Kier alpha value is -1.84. The number of carbonyl (C=O) groups is 1. The predicted molar refractivity (Wildman–Crippen MR) is 53.6 cm³/mol. The second kappa shape index (κ2) is 4.41. The van der Waals surface area contributed by atoms with Gasteiger partial charge in [-0.3, -0.25) is 0 Å². The van der Waals surface area contributed by atoms with E-state index in [1.54, 1.807) is 25.4 Å². The third-order valence-electron chi connectivity index (χ3n) is 1.59. The second-order valence-electron chi connectivity index (χ2n) is 3.02. The van der Waals surface area contributed by atoms with Crippen molar-refractivity contribution in [3.8, 4) is 0 Å². The molecule has 4 heteroatoms. The smallest absolute Gasteiger partial charge is 0.328 e. The lowest BCUT2D eigenvalue weighted by Crippen LogP contribution is -1.87. The Morgan fingerprint density at radius 2 is 2.36 bits per heavy atom. The summed E-state index contributed by atoms with van der Waals surface area (Å²) in [6.45, 7) is 1.73. The molecule has 0 aromatic carbocycles. The Balaban J connectivity index is 2.69. The van der Waals surface area contributed by atoms with Crippen LogP contribution in [0.5, 0.6) is 0 Å². The van der Waals surface area contributed by atoms with Crippen LogP contribution in [0.1, 0.15) is 12.6 Å². The number of imidazole rings is 1. The van der Waals surface area contributed by atoms with Crippen molar-refractivity contribution in [2.75, 3.05) is 0 Å². The monoisotopic (exact) mass is 192 g/mol. The minimum absolute atomic E-state index is 0.683. The number of carboxylic acids is 1. The van der Waals surface area contributed by atoms with Crippen LogP contribution in [0.15, 0.2) is 30.2 Å². The van der Waals surface area contributed by atoms with Gasteiger partial charge in [0.2, 0.25) is 0 Å². The van der Waals surface area contributed by atoms with Gasteiger partial charge in [-0.05, 0) is 18.6 Å². The summed E-state index contributed by atoms with van der Waals surface area (Å²) >= 11 is 0. The molecule has 74 valence electrons. The molecule has 1 heterocycles. The Morgan fingerprint density at radius 1 is 1.64 bits per heavy atom. The van der Waals surface area contributed by atoms with E-state index in [1.807, 2.05) is 17.8 Å². The SMILES string of the molecule is CC(=C/C(=O)O)/C=C/c1cn(C)cn1. The number of carboxylic acid groups (broad SMARTS) is 1. The van der Waals surface area contributed by atoms with Gasteiger partial charge >= 0.3 is 5.97 Å². The summed E-state index contributed by atoms with van der Waals surface area (Å²) in [7, 11) is 1.88. The lowest BCUT2D eigenvalue weighted by molar-refractivity contribution is -0.131. The average Bonchev–Trinajstić information content (AvgIpc) is 2.47. The Labute approximate surface area is 82.2 Å². The number of allylic oxidation sites excluding steroid dienone is 2. The quantitative estimate of drug-likeness (QED) is 0.582. The van der Waals surface area contributed by atoms with E-state index in [-0.39, 0.29) is 0 Å². The average molecular weight is 192 g/mol. The first kappa shape index (κ1) is 10.2. The Morgan fingerprint density at radius 3 is 2.86 bits per heavy atom. The lowest BCUT2D eigenvalue weighted by atomic mass is 10.2. The first-order chi connectivity index (χ1) is 6.58. The molecule has 1 rings (SSSR count). The molecule has 0 aliphatic rings. The summed E-state index contributed by atoms with van der Waals surface area (Å²) in [6.07, 6.45) is 8.19. The number of rotatable bonds is 3. The number of aromatic nitrogens is 2. The molecule has 0 unspecified atom stereocenters. The van der Waals surface area contributed by atoms with E-state index < -0.39 is 5.97 Å². The normalized spacial score (nSPS) is 12.3. The van der Waals surface area contributed by atoms with Crippen molar-refractivity contribution in [3.63, 3.8) is 0 Å². The molecule has 0 radical (unpaired) electrons. The molecule has 0 spiro atoms. The van der Waals surface area contributed by atoms with Crippen molar-refractivity contribution in [2.45, 2.75) is 6.92 Å². The molecular weight excluding hydrogens is 180 g/mol. The fraction of sp³-hybridized carbons (Fsp3) is 0.200. The standard InChI is InChI=1S/C10H12N2O2/c1-8(5-10(13)14)3-4-9-6-12(2)7-11-9/h3-7H,1-2H3,(H,13,14)/b4-3+,8-5-. The zero-order chi connectivity index (χ0) is 10.6. The molecule has 14 heavy (non-hydrogen) atoms. The van der Waals surface area contributed by atoms with E-state index in [2.05, 4.69) is 4.98 Å². The summed E-state index contributed by atoms with van der Waals surface area (Å²) < 4.78 is 1.83. The third-order valence-corrected chi connectivity index (χ3v) is 1.59. The number of aryl methyl sites for hydroxylation is 1. The van der Waals surface area contributed by atoms with Crippen LogP contribution in [-0.4, -0.2) is 20.6 Å². The van der Waals surface area contributed by atoms with Crippen LogP contribution in [0, 0.1) is 0 Å². The van der Waals surface area contributed by atoms with E-state index in [4.69, 9.17) is 5.11 Å². The Bertz CT molecular complexity index is 389. The first-order valence-corrected chi connectivity index (χ1v) is 4.15. The van der Waals surface area contributed by atoms with Crippen LogP contribution in [0.25, 0.3) is 6.08 Å². The molecule has 0 saturated heterocycles. The van der Waals surface area contributed by atoms with Crippen molar-refractivity contribution >= 4 is 12.0 Å². The molecule has 1 aromatic heterocycles. The minimum Gasteiger partial charge on any atom is -0.478 e. The minimum atomic E-state index is -0.937. The van der Waals surface area contributed by atoms with Crippen molar-refractivity contribution < 1.29 is 9.90 Å². The molecule has 0 aliphatic heterocycles. The van der Waals surface area contributed by atoms with Crippen LogP contribution < -0.4 is 0 Å². The first-order valence-electron chi connectivity index (χ1n) is 4.15. The van der Waals surface area contributed by atoms with Gasteiger partial charge in [-0.15, -0.1) is 0 Å². The molecule has 0 saturated carbocycles. The van der Waals surface area contributed by atoms with Crippen LogP contribution in [0.4, 0.5) is 0 Å². The topological polar surface area (TPSA) is 55.1 Å². The maximum atomic E-state index is 10.3. The van der Waals surface area contributed by atoms with Crippen molar-refractivity contribution in [1.29, 1.82) is 0 Å². The molecule has 0 fully saturated rings. The zero-order valence-corrected chi connectivity index (χ0v) is 8.14. The Kier molecular flexibility index (Phi) is 3.23. The van der Waals surface area contributed by atoms with Crippen LogP contribution in [0.3, 0.4) is 0 Å². The summed E-state index contributed by atoms with van der Waals surface area (Å²) in [5.41, 5.74) is 1.49. The summed E-state index contributed by atoms with van der Waals surface area (Å²) in [6, 6.07) is 0. The molecule has 0 aliphatic carbocycles. The zero-order valence-electron chi connectivity index (χ0n) is 8.14. The molecular formula is C10H12N2O2. The van der Waals surface area contributed by atoms with Gasteiger partial charge in [0.15, 0.2) is 0 Å². The van der Waals surface area contributed by atoms with Crippen LogP contribution >= 0.6 is 0 Å². The highest BCUT2D eigenvalue weighted by atomic mass is 16.4. The maximum Gasteiger partial charge on any atom is 0.328 e. The second-order valence-corrected chi connectivity index (χ2v) is 3.02. The van der Waals surface area contributed by atoms with Gasteiger partial charge in [0, 0.05) is 19.3 Å². The number of hydrogen-bond acceptors (Lipinski definition) is 2. The van der Waals surface area contributed by atoms with E-state index in [9.17, 15) is 4.79 Å². The number of aliphatic carboxylic acids is 1. The molecule has 0 atom stereocenters. The largest absolute Gasteiger partial charge is 0.478 e. The van der Waals surface area contributed by atoms with Gasteiger partial charge in [0.05, 0.1) is 12.0 Å². The molecule has 1 N–H and O–H groups in total. The highest BCUT2D eigenvalue weighted by Crippen LogP contribution is 2.01. The van der Waals surface area contributed by atoms with Crippen LogP contribution in [-0.2, 0) is 11.8 Å². The van der Waals surface area contributed by atoms with E-state index in [1.165, 1.54) is 0 Å². The van der Waals surface area contributed by atoms with Gasteiger partial charge in [0.25, 0.3) is 0 Å². The molecule has 0 amide bonds. The highest BCUT2D eigenvalue weighted by molar-refractivity contribution is 5.81. The lowest BCUT2D eigenvalue weighted by Gasteiger charge is -1.87. The number of nitrogens with zero attached hydrogens (tertiary/aromatic N) is 2. The van der Waals surface area contributed by atoms with Gasteiger partial charge in [0.1, 0.15) is 0 Å². The van der Waals surface area contributed by atoms with Crippen molar-refractivity contribution in [1.82, 2.24) is 9.55 Å². The van der Waals surface area contributed by atoms with E-state index in [0.29, 0.717) is 5.57 Å². The fourth-order valence-corrected chi connectivity index (χ4v) is 0.979. The molecule has 4 nitrogen and oxygen atoms in total. The molecule has 0 bridgehead atoms. The predicted octanol–water partition coefficient (Wildman–Crippen LogP) is 1.46. The van der Waals surface area contributed by atoms with E-state index >= 15 is 0 Å². The summed E-state index contributed by atoms with van der Waals surface area (Å²) in [5.74, 6) is -0.937. The summed E-state index contributed by atoms with van der Waals surface area (Å²) in [5, 5.41) is 8.46. The number of hydrogen-bond donors (Lipinski definition) is 1. The van der Waals surface area contributed by atoms with Gasteiger partial charge in [-0.2, -0.15) is 0 Å². The van der Waals surface area contributed by atoms with Crippen molar-refractivity contribution in [2.24, 2.45) is 7.05 Å². The van der Waals surface area contributed by atoms with Gasteiger partial charge in [-0.1, -0.05) is 6.08 Å². The maximum absolute atomic E-state index is 10.3.